The van der Waals surface area contributed by atoms with E-state index in [4.69, 9.17) is 0 Å². The van der Waals surface area contributed by atoms with Gasteiger partial charge in [-0.15, -0.1) is 0 Å². The molecule has 1 saturated heterocycles. The molecule has 0 unspecified atom stereocenters. The zero-order valence-electron chi connectivity index (χ0n) is 15.8. The number of aliphatic hydroxyl groups is 1. The number of aliphatic hydroxyl groups excluding tert-OH is 1. The number of amides is 1. The standard InChI is InChI=1S/C22H23N3O3/c1-15-17-9-5-6-10-19(17)22(28)25(23-15)14-21(27)24-12-11-18(20(26)13-24)16-7-3-2-4-8-16/h2-10,18,20,26H,11-14H2,1H3/t18-,20+/m0/s1. The van der Waals surface area contributed by atoms with Crippen LogP contribution in [0.2, 0.25) is 0 Å². The van der Waals surface area contributed by atoms with E-state index < -0.39 is 6.10 Å². The van der Waals surface area contributed by atoms with E-state index in [1.54, 1.807) is 17.0 Å². The summed E-state index contributed by atoms with van der Waals surface area (Å²) in [5.41, 5.74) is 1.53. The van der Waals surface area contributed by atoms with Gasteiger partial charge in [0.05, 0.1) is 17.2 Å². The van der Waals surface area contributed by atoms with E-state index in [1.165, 1.54) is 4.68 Å². The van der Waals surface area contributed by atoms with E-state index in [-0.39, 0.29) is 30.5 Å². The van der Waals surface area contributed by atoms with Gasteiger partial charge in [0.15, 0.2) is 0 Å². The van der Waals surface area contributed by atoms with Crippen LogP contribution >= 0.6 is 0 Å². The van der Waals surface area contributed by atoms with Crippen molar-refractivity contribution in [3.05, 3.63) is 76.2 Å². The Hall–Kier alpha value is -2.99. The molecule has 0 aliphatic carbocycles. The van der Waals surface area contributed by atoms with Gasteiger partial charge in [-0.3, -0.25) is 9.59 Å². The van der Waals surface area contributed by atoms with Crippen LogP contribution in [0.1, 0.15) is 23.6 Å². The second-order valence-corrected chi connectivity index (χ2v) is 7.31. The van der Waals surface area contributed by atoms with Crippen LogP contribution in [0, 0.1) is 6.92 Å². The molecule has 0 radical (unpaired) electrons. The van der Waals surface area contributed by atoms with Crippen LogP contribution in [0.25, 0.3) is 10.8 Å². The average Bonchev–Trinajstić information content (AvgIpc) is 2.72. The van der Waals surface area contributed by atoms with E-state index in [9.17, 15) is 14.7 Å². The van der Waals surface area contributed by atoms with E-state index in [0.717, 1.165) is 10.9 Å². The van der Waals surface area contributed by atoms with Crippen molar-refractivity contribution in [1.29, 1.82) is 0 Å². The first kappa shape index (κ1) is 18.4. The molecular formula is C22H23N3O3. The fourth-order valence-corrected chi connectivity index (χ4v) is 3.99. The van der Waals surface area contributed by atoms with Gasteiger partial charge in [0, 0.05) is 24.4 Å². The summed E-state index contributed by atoms with van der Waals surface area (Å²) in [6.07, 6.45) is 0.0684. The number of carbonyl (C=O) groups is 1. The summed E-state index contributed by atoms with van der Waals surface area (Å²) in [7, 11) is 0. The number of β-amino-alcohol motifs (C(OH)–C–C–N with tert-alkyl or cyclic N) is 1. The second kappa shape index (κ2) is 7.56. The van der Waals surface area contributed by atoms with Gasteiger partial charge in [-0.2, -0.15) is 5.10 Å². The molecule has 1 aromatic heterocycles. The number of aryl methyl sites for hydroxylation is 1. The van der Waals surface area contributed by atoms with Crippen molar-refractivity contribution in [2.45, 2.75) is 31.9 Å². The number of nitrogens with zero attached hydrogens (tertiary/aromatic N) is 3. The predicted molar refractivity (Wildman–Crippen MR) is 107 cm³/mol. The third-order valence-corrected chi connectivity index (χ3v) is 5.50. The smallest absolute Gasteiger partial charge is 0.275 e. The predicted octanol–water partition coefficient (Wildman–Crippen LogP) is 2.08. The molecule has 6 nitrogen and oxygen atoms in total. The maximum Gasteiger partial charge on any atom is 0.275 e. The number of aromatic nitrogens is 2. The van der Waals surface area contributed by atoms with Crippen molar-refractivity contribution in [2.24, 2.45) is 0 Å². The first-order chi connectivity index (χ1) is 13.5. The highest BCUT2D eigenvalue weighted by molar-refractivity contribution is 5.83. The molecule has 2 atom stereocenters. The maximum absolute atomic E-state index is 12.8. The number of benzene rings is 2. The molecule has 1 aliphatic rings. The normalized spacial score (nSPS) is 19.7. The lowest BCUT2D eigenvalue weighted by atomic mass is 9.87. The summed E-state index contributed by atoms with van der Waals surface area (Å²) in [5, 5.41) is 16.2. The van der Waals surface area contributed by atoms with Gasteiger partial charge in [-0.1, -0.05) is 48.5 Å². The largest absolute Gasteiger partial charge is 0.391 e. The summed E-state index contributed by atoms with van der Waals surface area (Å²) in [6, 6.07) is 17.2. The van der Waals surface area contributed by atoms with Gasteiger partial charge in [-0.05, 0) is 25.0 Å². The Labute approximate surface area is 163 Å². The highest BCUT2D eigenvalue weighted by Gasteiger charge is 2.31. The number of likely N-dealkylation sites (tertiary alicyclic amines) is 1. The zero-order chi connectivity index (χ0) is 19.7. The summed E-state index contributed by atoms with van der Waals surface area (Å²) in [6.45, 7) is 2.53. The Morgan fingerprint density at radius 2 is 1.79 bits per heavy atom. The first-order valence-corrected chi connectivity index (χ1v) is 9.52. The van der Waals surface area contributed by atoms with Crippen LogP contribution < -0.4 is 5.56 Å². The minimum absolute atomic E-state index is 0.0222. The molecule has 2 heterocycles. The number of rotatable bonds is 3. The fraction of sp³-hybridized carbons (Fsp3) is 0.318. The quantitative estimate of drug-likeness (QED) is 0.758. The van der Waals surface area contributed by atoms with Crippen molar-refractivity contribution < 1.29 is 9.90 Å². The summed E-state index contributed by atoms with van der Waals surface area (Å²) < 4.78 is 1.23. The minimum Gasteiger partial charge on any atom is -0.391 e. The molecule has 1 aliphatic heterocycles. The molecule has 1 amide bonds. The van der Waals surface area contributed by atoms with Crippen LogP contribution in [0.3, 0.4) is 0 Å². The molecule has 6 heteroatoms. The van der Waals surface area contributed by atoms with Crippen molar-refractivity contribution in [3.8, 4) is 0 Å². The Morgan fingerprint density at radius 3 is 2.50 bits per heavy atom. The number of piperidine rings is 1. The third kappa shape index (κ3) is 3.43. The van der Waals surface area contributed by atoms with Gasteiger partial charge in [0.1, 0.15) is 6.54 Å². The van der Waals surface area contributed by atoms with Gasteiger partial charge in [-0.25, -0.2) is 4.68 Å². The summed E-state index contributed by atoms with van der Waals surface area (Å²) in [4.78, 5) is 27.1. The van der Waals surface area contributed by atoms with E-state index in [2.05, 4.69) is 5.10 Å². The van der Waals surface area contributed by atoms with Crippen LogP contribution in [0.5, 0.6) is 0 Å². The molecule has 2 aromatic carbocycles. The molecule has 144 valence electrons. The van der Waals surface area contributed by atoms with Gasteiger partial charge < -0.3 is 10.0 Å². The monoisotopic (exact) mass is 377 g/mol. The van der Waals surface area contributed by atoms with Crippen molar-refractivity contribution in [1.82, 2.24) is 14.7 Å². The van der Waals surface area contributed by atoms with E-state index in [0.29, 0.717) is 24.0 Å². The minimum atomic E-state index is -0.622. The lowest BCUT2D eigenvalue weighted by Crippen LogP contribution is -2.47. The first-order valence-electron chi connectivity index (χ1n) is 9.52. The molecule has 0 spiro atoms. The van der Waals surface area contributed by atoms with E-state index in [1.807, 2.05) is 49.4 Å². The highest BCUT2D eigenvalue weighted by atomic mass is 16.3. The van der Waals surface area contributed by atoms with Gasteiger partial charge in [0.25, 0.3) is 5.56 Å². The Morgan fingerprint density at radius 1 is 1.11 bits per heavy atom. The summed E-state index contributed by atoms with van der Waals surface area (Å²) >= 11 is 0. The molecular weight excluding hydrogens is 354 g/mol. The fourth-order valence-electron chi connectivity index (χ4n) is 3.99. The topological polar surface area (TPSA) is 75.4 Å². The molecule has 0 saturated carbocycles. The Balaban J connectivity index is 1.50. The van der Waals surface area contributed by atoms with Gasteiger partial charge >= 0.3 is 0 Å². The van der Waals surface area contributed by atoms with Crippen LogP contribution in [0.15, 0.2) is 59.4 Å². The van der Waals surface area contributed by atoms with Crippen LogP contribution in [-0.2, 0) is 11.3 Å². The average molecular weight is 377 g/mol. The lowest BCUT2D eigenvalue weighted by molar-refractivity contribution is -0.135. The lowest BCUT2D eigenvalue weighted by Gasteiger charge is -2.36. The molecule has 4 rings (SSSR count). The zero-order valence-corrected chi connectivity index (χ0v) is 15.8. The highest BCUT2D eigenvalue weighted by Crippen LogP contribution is 2.28. The van der Waals surface area contributed by atoms with Gasteiger partial charge in [0.2, 0.25) is 5.91 Å². The summed E-state index contributed by atoms with van der Waals surface area (Å²) in [5.74, 6) is -0.177. The number of fused-ring (bicyclic) bond motifs is 1. The van der Waals surface area contributed by atoms with Crippen LogP contribution in [0.4, 0.5) is 0 Å². The Kier molecular flexibility index (Phi) is 4.96. The number of hydrogen-bond acceptors (Lipinski definition) is 4. The molecule has 1 fully saturated rings. The Bertz CT molecular complexity index is 1060. The van der Waals surface area contributed by atoms with E-state index >= 15 is 0 Å². The molecule has 3 aromatic rings. The number of carbonyl (C=O) groups excluding carboxylic acids is 1. The SMILES string of the molecule is Cc1nn(CC(=O)N2CC[C@@H](c3ccccc3)[C@H](O)C2)c(=O)c2ccccc12. The van der Waals surface area contributed by atoms with Crippen molar-refractivity contribution in [2.75, 3.05) is 13.1 Å². The van der Waals surface area contributed by atoms with Crippen LogP contribution in [-0.4, -0.2) is 44.9 Å². The van der Waals surface area contributed by atoms with Crippen molar-refractivity contribution >= 4 is 16.7 Å². The molecule has 1 N–H and O–H groups in total. The molecule has 0 bridgehead atoms. The number of hydrogen-bond donors (Lipinski definition) is 1. The third-order valence-electron chi connectivity index (χ3n) is 5.50. The van der Waals surface area contributed by atoms with Crippen molar-refractivity contribution in [3.63, 3.8) is 0 Å². The second-order valence-electron chi connectivity index (χ2n) is 7.31. The molecule has 28 heavy (non-hydrogen) atoms. The maximum atomic E-state index is 12.8.